The molecule has 0 N–H and O–H groups in total. The van der Waals surface area contributed by atoms with E-state index in [1.54, 1.807) is 0 Å². The summed E-state index contributed by atoms with van der Waals surface area (Å²) in [5.74, 6) is 0. The van der Waals surface area contributed by atoms with Crippen LogP contribution in [0.3, 0.4) is 0 Å². The van der Waals surface area contributed by atoms with Gasteiger partial charge in [-0.05, 0) is 148 Å². The smallest absolute Gasteiger partial charge is 0.0546 e. The Balaban J connectivity index is 0.717. The summed E-state index contributed by atoms with van der Waals surface area (Å²) in [7, 11) is 0. The number of rotatable bonds is 10. The molecule has 0 unspecified atom stereocenters. The predicted octanol–water partition coefficient (Wildman–Crippen LogP) is 21.0. The number of hydrogen-bond donors (Lipinski definition) is 0. The quantitative estimate of drug-likeness (QED) is 0.0995. The van der Waals surface area contributed by atoms with Crippen LogP contribution < -0.4 is 9.80 Å². The van der Waals surface area contributed by atoms with E-state index >= 15 is 0 Å². The van der Waals surface area contributed by atoms with Crippen molar-refractivity contribution >= 4 is 111 Å². The predicted molar refractivity (Wildman–Crippen MR) is 327 cm³/mol. The Morgan fingerprint density at radius 1 is 0.197 bits per heavy atom. The van der Waals surface area contributed by atoms with Crippen LogP contribution in [0.4, 0.5) is 34.1 Å². The van der Waals surface area contributed by atoms with Crippen LogP contribution in [-0.2, 0) is 0 Å². The minimum absolute atomic E-state index is 1.11. The van der Waals surface area contributed by atoms with Crippen molar-refractivity contribution in [2.24, 2.45) is 0 Å². The second-order valence-electron chi connectivity index (χ2n) is 19.7. The van der Waals surface area contributed by atoms with Crippen LogP contribution in [0.1, 0.15) is 11.1 Å². The lowest BCUT2D eigenvalue weighted by molar-refractivity contribution is 1.31. The fourth-order valence-electron chi connectivity index (χ4n) is 11.3. The number of benzene rings is 14. The molecule has 2 heteroatoms. The Kier molecular flexibility index (Phi) is 11.2. The van der Waals surface area contributed by atoms with E-state index in [-0.39, 0.29) is 0 Å². The van der Waals surface area contributed by atoms with Crippen molar-refractivity contribution in [3.8, 4) is 22.3 Å². The normalized spacial score (nSPS) is 11.6. The Bertz CT molecular complexity index is 4200. The van der Waals surface area contributed by atoms with E-state index in [0.717, 1.165) is 45.3 Å². The van der Waals surface area contributed by atoms with Crippen molar-refractivity contribution in [1.29, 1.82) is 0 Å². The van der Waals surface area contributed by atoms with Crippen LogP contribution in [0.25, 0.3) is 99.0 Å². The van der Waals surface area contributed by atoms with Gasteiger partial charge in [-0.15, -0.1) is 0 Å². The summed E-state index contributed by atoms with van der Waals surface area (Å²) in [6, 6.07) is 106. The summed E-state index contributed by atoms with van der Waals surface area (Å²) in [5, 5.41) is 14.8. The van der Waals surface area contributed by atoms with Crippen LogP contribution >= 0.6 is 0 Å². The molecule has 14 aromatic carbocycles. The summed E-state index contributed by atoms with van der Waals surface area (Å²) in [4.78, 5) is 4.83. The van der Waals surface area contributed by atoms with E-state index in [9.17, 15) is 0 Å². The van der Waals surface area contributed by atoms with Crippen LogP contribution in [0.2, 0.25) is 0 Å². The highest BCUT2D eigenvalue weighted by molar-refractivity contribution is 6.16. The molecule has 0 aliphatic heterocycles. The Morgan fingerprint density at radius 3 is 0.868 bits per heavy atom. The first-order valence-electron chi connectivity index (χ1n) is 26.1. The second-order valence-corrected chi connectivity index (χ2v) is 19.7. The van der Waals surface area contributed by atoms with Gasteiger partial charge < -0.3 is 9.80 Å². The number of hydrogen-bond acceptors (Lipinski definition) is 2. The van der Waals surface area contributed by atoms with Gasteiger partial charge in [0.25, 0.3) is 0 Å². The summed E-state index contributed by atoms with van der Waals surface area (Å²) < 4.78 is 0. The van der Waals surface area contributed by atoms with Crippen molar-refractivity contribution in [2.75, 3.05) is 9.80 Å². The average molecular weight is 967 g/mol. The first-order valence-corrected chi connectivity index (χ1v) is 26.1. The van der Waals surface area contributed by atoms with Gasteiger partial charge in [-0.2, -0.15) is 0 Å². The lowest BCUT2D eigenvalue weighted by Gasteiger charge is -2.28. The van der Waals surface area contributed by atoms with E-state index in [2.05, 4.69) is 313 Å². The van der Waals surface area contributed by atoms with Gasteiger partial charge in [-0.3, -0.25) is 0 Å². The topological polar surface area (TPSA) is 6.48 Å². The SMILES string of the molecule is C(=C\c1ccc(-c2ccc(N(c3ccc4ccccc4c3)c3cc4ccccc4c4ccccc34)cc2)cc1)/c1ccc(-c2ccc(N(c3ccc4ccccc4c3)c3cc4ccccc4c4ccccc34)cc2)cc1. The number of fused-ring (bicyclic) bond motifs is 8. The summed E-state index contributed by atoms with van der Waals surface area (Å²) >= 11 is 0. The van der Waals surface area contributed by atoms with Gasteiger partial charge in [0, 0.05) is 33.5 Å². The van der Waals surface area contributed by atoms with Crippen molar-refractivity contribution in [2.45, 2.75) is 0 Å². The minimum atomic E-state index is 1.11. The highest BCUT2D eigenvalue weighted by Gasteiger charge is 2.20. The monoisotopic (exact) mass is 966 g/mol. The summed E-state index contributed by atoms with van der Waals surface area (Å²) in [6.45, 7) is 0. The molecular weight excluding hydrogens is 917 g/mol. The molecule has 14 aromatic rings. The average Bonchev–Trinajstić information content (AvgIpc) is 3.50. The minimum Gasteiger partial charge on any atom is -0.310 e. The largest absolute Gasteiger partial charge is 0.310 e. The maximum absolute atomic E-state index is 2.41. The Hall–Kier alpha value is -10.0. The molecule has 76 heavy (non-hydrogen) atoms. The van der Waals surface area contributed by atoms with Gasteiger partial charge in [-0.25, -0.2) is 0 Å². The third-order valence-electron chi connectivity index (χ3n) is 15.2. The molecule has 0 aliphatic rings. The van der Waals surface area contributed by atoms with Crippen LogP contribution in [0, 0.1) is 0 Å². The third kappa shape index (κ3) is 8.29. The standard InChI is InChI=1S/C74H50N2/c1-3-15-59-47-65(45-39-53(59)13-1)75(73-49-61-17-5-7-19-67(61)69-21-9-11-23-71(69)73)63-41-35-57(36-42-63)55-31-27-51(28-32-55)25-26-52-29-33-56(34-30-52)58-37-43-64(44-38-58)76(66-46-40-54-14-2-4-16-60(54)48-66)74-50-62-18-6-8-20-68(62)70-22-10-12-24-72(70)74/h1-50H/b26-25+. The van der Waals surface area contributed by atoms with E-state index in [0.29, 0.717) is 0 Å². The number of anilines is 6. The van der Waals surface area contributed by atoms with Crippen molar-refractivity contribution in [1.82, 2.24) is 0 Å². The van der Waals surface area contributed by atoms with E-state index in [4.69, 9.17) is 0 Å². The Morgan fingerprint density at radius 2 is 0.487 bits per heavy atom. The van der Waals surface area contributed by atoms with Crippen molar-refractivity contribution < 1.29 is 0 Å². The van der Waals surface area contributed by atoms with E-state index < -0.39 is 0 Å². The molecule has 0 saturated heterocycles. The Labute approximate surface area is 442 Å². The molecule has 0 aromatic heterocycles. The molecule has 356 valence electrons. The van der Waals surface area contributed by atoms with Gasteiger partial charge >= 0.3 is 0 Å². The zero-order chi connectivity index (χ0) is 50.4. The van der Waals surface area contributed by atoms with Gasteiger partial charge in [0.05, 0.1) is 11.4 Å². The highest BCUT2D eigenvalue weighted by atomic mass is 15.1. The lowest BCUT2D eigenvalue weighted by Crippen LogP contribution is -2.10. The van der Waals surface area contributed by atoms with Gasteiger partial charge in [0.15, 0.2) is 0 Å². The second kappa shape index (κ2) is 19.1. The highest BCUT2D eigenvalue weighted by Crippen LogP contribution is 2.45. The molecule has 0 radical (unpaired) electrons. The zero-order valence-electron chi connectivity index (χ0n) is 41.8. The number of nitrogens with zero attached hydrogens (tertiary/aromatic N) is 2. The molecule has 0 saturated carbocycles. The van der Waals surface area contributed by atoms with Crippen LogP contribution in [0.5, 0.6) is 0 Å². The summed E-state index contributed by atoms with van der Waals surface area (Å²) in [6.07, 6.45) is 4.40. The summed E-state index contributed by atoms with van der Waals surface area (Å²) in [5.41, 5.74) is 13.8. The van der Waals surface area contributed by atoms with Crippen molar-refractivity contribution in [3.63, 3.8) is 0 Å². The molecular formula is C74H50N2. The fraction of sp³-hybridized carbons (Fsp3) is 0. The van der Waals surface area contributed by atoms with Gasteiger partial charge in [0.1, 0.15) is 0 Å². The van der Waals surface area contributed by atoms with E-state index in [1.165, 1.54) is 86.9 Å². The fourth-order valence-corrected chi connectivity index (χ4v) is 11.3. The van der Waals surface area contributed by atoms with E-state index in [1.807, 2.05) is 0 Å². The molecule has 0 amide bonds. The van der Waals surface area contributed by atoms with Crippen LogP contribution in [0.15, 0.2) is 291 Å². The van der Waals surface area contributed by atoms with Crippen LogP contribution in [-0.4, -0.2) is 0 Å². The van der Waals surface area contributed by atoms with Gasteiger partial charge in [0.2, 0.25) is 0 Å². The third-order valence-corrected chi connectivity index (χ3v) is 15.2. The molecule has 0 aliphatic carbocycles. The molecule has 0 atom stereocenters. The maximum Gasteiger partial charge on any atom is 0.0546 e. The molecule has 2 nitrogen and oxygen atoms in total. The van der Waals surface area contributed by atoms with Gasteiger partial charge in [-0.1, -0.05) is 243 Å². The molecule has 0 fully saturated rings. The zero-order valence-corrected chi connectivity index (χ0v) is 41.8. The molecule has 0 bridgehead atoms. The maximum atomic E-state index is 2.41. The van der Waals surface area contributed by atoms with Crippen molar-refractivity contribution in [3.05, 3.63) is 302 Å². The molecule has 0 spiro atoms. The first-order chi connectivity index (χ1) is 37.6. The lowest BCUT2D eigenvalue weighted by atomic mass is 9.98. The first kappa shape index (κ1) is 44.7. The molecule has 0 heterocycles. The molecule has 14 rings (SSSR count).